The third kappa shape index (κ3) is 4.23. The van der Waals surface area contributed by atoms with Crippen LogP contribution in [-0.4, -0.2) is 58.8 Å². The third-order valence-electron chi connectivity index (χ3n) is 6.88. The number of rotatable bonds is 2. The number of carbonyl (C=O) groups is 1. The van der Waals surface area contributed by atoms with Crippen LogP contribution in [0, 0.1) is 11.2 Å². The lowest BCUT2D eigenvalue weighted by atomic mass is 9.78. The van der Waals surface area contributed by atoms with Crippen molar-refractivity contribution in [1.82, 2.24) is 9.80 Å². The number of hydrogen-bond donors (Lipinski definition) is 1. The van der Waals surface area contributed by atoms with Gasteiger partial charge in [0.25, 0.3) is 0 Å². The van der Waals surface area contributed by atoms with E-state index in [1.807, 2.05) is 31.7 Å². The second-order valence-electron chi connectivity index (χ2n) is 10.2. The van der Waals surface area contributed by atoms with Crippen LogP contribution in [-0.2, 0) is 4.74 Å². The maximum Gasteiger partial charge on any atom is 0.410 e. The van der Waals surface area contributed by atoms with Crippen LogP contribution in [0.15, 0.2) is 18.2 Å². The highest BCUT2D eigenvalue weighted by molar-refractivity contribution is 5.69. The molecule has 0 bridgehead atoms. The monoisotopic (exact) mass is 404 g/mol. The minimum Gasteiger partial charge on any atom is -0.505 e. The van der Waals surface area contributed by atoms with Gasteiger partial charge in [-0.3, -0.25) is 0 Å². The molecule has 1 atom stereocenters. The molecule has 1 N–H and O–H groups in total. The first kappa shape index (κ1) is 20.5. The van der Waals surface area contributed by atoms with Crippen LogP contribution in [0.25, 0.3) is 0 Å². The predicted octanol–water partition coefficient (Wildman–Crippen LogP) is 4.50. The predicted molar refractivity (Wildman–Crippen MR) is 109 cm³/mol. The third-order valence-corrected chi connectivity index (χ3v) is 6.88. The van der Waals surface area contributed by atoms with Crippen molar-refractivity contribution < 1.29 is 19.0 Å². The van der Waals surface area contributed by atoms with E-state index in [-0.39, 0.29) is 23.2 Å². The maximum atomic E-state index is 13.7. The molecule has 1 aliphatic carbocycles. The lowest BCUT2D eigenvalue weighted by Crippen LogP contribution is -2.58. The highest BCUT2D eigenvalue weighted by Gasteiger charge is 2.51. The fourth-order valence-corrected chi connectivity index (χ4v) is 5.43. The Balaban J connectivity index is 1.27. The zero-order valence-electron chi connectivity index (χ0n) is 17.8. The molecule has 3 aliphatic rings. The summed E-state index contributed by atoms with van der Waals surface area (Å²) in [5.74, 6) is -0.478. The van der Waals surface area contributed by atoms with Gasteiger partial charge in [-0.25, -0.2) is 9.18 Å². The molecular formula is C23H33FN2O3. The smallest absolute Gasteiger partial charge is 0.410 e. The van der Waals surface area contributed by atoms with Crippen molar-refractivity contribution >= 4 is 6.09 Å². The van der Waals surface area contributed by atoms with E-state index in [9.17, 15) is 14.3 Å². The number of carbonyl (C=O) groups excluding carboxylic acids is 1. The molecule has 2 saturated heterocycles. The van der Waals surface area contributed by atoms with E-state index in [0.29, 0.717) is 6.04 Å². The summed E-state index contributed by atoms with van der Waals surface area (Å²) in [6.45, 7) is 9.30. The molecule has 160 valence electrons. The second kappa shape index (κ2) is 7.46. The lowest BCUT2D eigenvalue weighted by Gasteiger charge is -2.48. The highest BCUT2D eigenvalue weighted by Crippen LogP contribution is 2.48. The van der Waals surface area contributed by atoms with Gasteiger partial charge in [-0.15, -0.1) is 0 Å². The van der Waals surface area contributed by atoms with Gasteiger partial charge in [0.15, 0.2) is 11.6 Å². The molecule has 3 fully saturated rings. The van der Waals surface area contributed by atoms with Gasteiger partial charge in [-0.1, -0.05) is 12.1 Å². The average molecular weight is 405 g/mol. The Hall–Kier alpha value is -1.82. The fraction of sp³-hybridized carbons (Fsp3) is 0.696. The normalized spacial score (nSPS) is 25.2. The summed E-state index contributed by atoms with van der Waals surface area (Å²) in [6, 6.07) is 5.41. The van der Waals surface area contributed by atoms with Gasteiger partial charge >= 0.3 is 6.09 Å². The summed E-state index contributed by atoms with van der Waals surface area (Å²) in [5.41, 5.74) is 0.567. The van der Waals surface area contributed by atoms with Crippen LogP contribution < -0.4 is 0 Å². The van der Waals surface area contributed by atoms with Crippen LogP contribution in [0.2, 0.25) is 0 Å². The molecular weight excluding hydrogens is 371 g/mol. The molecule has 1 aromatic rings. The van der Waals surface area contributed by atoms with Crippen molar-refractivity contribution in [2.24, 2.45) is 5.41 Å². The van der Waals surface area contributed by atoms with Gasteiger partial charge in [-0.2, -0.15) is 0 Å². The zero-order chi connectivity index (χ0) is 20.8. The number of ether oxygens (including phenoxy) is 1. The molecule has 29 heavy (non-hydrogen) atoms. The number of piperidine rings is 1. The number of phenols is 1. The van der Waals surface area contributed by atoms with E-state index in [0.717, 1.165) is 51.0 Å². The summed E-state index contributed by atoms with van der Waals surface area (Å²) in [6.07, 6.45) is 5.19. The van der Waals surface area contributed by atoms with E-state index in [2.05, 4.69) is 4.90 Å². The summed E-state index contributed by atoms with van der Waals surface area (Å²) in [4.78, 5) is 16.6. The molecule has 6 heteroatoms. The van der Waals surface area contributed by atoms with Gasteiger partial charge in [0, 0.05) is 30.1 Å². The topological polar surface area (TPSA) is 53.0 Å². The fourth-order valence-electron chi connectivity index (χ4n) is 5.43. The Morgan fingerprint density at radius 1 is 1.21 bits per heavy atom. The van der Waals surface area contributed by atoms with Crippen molar-refractivity contribution in [3.8, 4) is 5.75 Å². The molecule has 0 aromatic heterocycles. The Kier molecular flexibility index (Phi) is 5.26. The molecule has 0 radical (unpaired) electrons. The first-order valence-electron chi connectivity index (χ1n) is 10.9. The number of phenolic OH excluding ortho intramolecular Hbond substituents is 1. The number of benzene rings is 1. The summed E-state index contributed by atoms with van der Waals surface area (Å²) in [7, 11) is 0. The molecule has 5 nitrogen and oxygen atoms in total. The van der Waals surface area contributed by atoms with E-state index in [1.54, 1.807) is 6.07 Å². The summed E-state index contributed by atoms with van der Waals surface area (Å²) < 4.78 is 19.2. The van der Waals surface area contributed by atoms with Gasteiger partial charge in [0.05, 0.1) is 0 Å². The number of amides is 1. The average Bonchev–Trinajstić information content (AvgIpc) is 3.07. The van der Waals surface area contributed by atoms with Crippen molar-refractivity contribution in [1.29, 1.82) is 0 Å². The number of likely N-dealkylation sites (tertiary alicyclic amines) is 2. The van der Waals surface area contributed by atoms with E-state index >= 15 is 0 Å². The zero-order valence-corrected chi connectivity index (χ0v) is 17.8. The number of nitrogens with zero attached hydrogens (tertiary/aromatic N) is 2. The lowest BCUT2D eigenvalue weighted by molar-refractivity contribution is -0.0347. The van der Waals surface area contributed by atoms with Crippen molar-refractivity contribution in [3.05, 3.63) is 29.6 Å². The van der Waals surface area contributed by atoms with Crippen LogP contribution >= 0.6 is 0 Å². The molecule has 1 aromatic carbocycles. The van der Waals surface area contributed by atoms with Crippen LogP contribution in [0.1, 0.15) is 64.4 Å². The van der Waals surface area contributed by atoms with Crippen molar-refractivity contribution in [2.75, 3.05) is 26.2 Å². The Morgan fingerprint density at radius 3 is 2.55 bits per heavy atom. The summed E-state index contributed by atoms with van der Waals surface area (Å²) in [5, 5.41) is 10.0. The van der Waals surface area contributed by atoms with Crippen molar-refractivity contribution in [3.63, 3.8) is 0 Å². The summed E-state index contributed by atoms with van der Waals surface area (Å²) >= 11 is 0. The number of para-hydroxylation sites is 1. The molecule has 2 aliphatic heterocycles. The quantitative estimate of drug-likeness (QED) is 0.789. The maximum absolute atomic E-state index is 13.7. The second-order valence-corrected chi connectivity index (χ2v) is 10.2. The van der Waals surface area contributed by atoms with E-state index in [1.165, 1.54) is 18.9 Å². The number of aromatic hydroxyl groups is 1. The largest absolute Gasteiger partial charge is 0.505 e. The van der Waals surface area contributed by atoms with Crippen molar-refractivity contribution in [2.45, 2.75) is 70.4 Å². The van der Waals surface area contributed by atoms with E-state index < -0.39 is 11.4 Å². The van der Waals surface area contributed by atoms with E-state index in [4.69, 9.17) is 4.74 Å². The van der Waals surface area contributed by atoms with Gasteiger partial charge in [0.1, 0.15) is 5.60 Å². The molecule has 1 unspecified atom stereocenters. The first-order valence-corrected chi connectivity index (χ1v) is 10.9. The minimum atomic E-state index is -0.526. The van der Waals surface area contributed by atoms with Crippen LogP contribution in [0.4, 0.5) is 9.18 Å². The van der Waals surface area contributed by atoms with Gasteiger partial charge < -0.3 is 19.6 Å². The first-order chi connectivity index (χ1) is 13.7. The standard InChI is InChI=1S/C23H33FN2O3/c1-22(2,3)29-21(28)26-14-23(15-26)10-7-17(13-23)25-11-8-16(9-12-25)18-5-4-6-19(24)20(18)27/h4-6,16-17,27H,7-15H2,1-3H3. The Morgan fingerprint density at radius 2 is 1.90 bits per heavy atom. The SMILES string of the molecule is CC(C)(C)OC(=O)N1CC2(CCC(N3CCC(c4cccc(F)c4O)CC3)C2)C1. The number of halogens is 1. The minimum absolute atomic E-state index is 0.178. The molecule has 2 heterocycles. The molecule has 4 rings (SSSR count). The Labute approximate surface area is 172 Å². The highest BCUT2D eigenvalue weighted by atomic mass is 19.1. The van der Waals surface area contributed by atoms with Gasteiger partial charge in [-0.05, 0) is 77.9 Å². The van der Waals surface area contributed by atoms with Crippen LogP contribution in [0.3, 0.4) is 0 Å². The number of hydrogen-bond acceptors (Lipinski definition) is 4. The molecule has 1 spiro atoms. The van der Waals surface area contributed by atoms with Gasteiger partial charge in [0.2, 0.25) is 0 Å². The Bertz CT molecular complexity index is 762. The molecule has 1 saturated carbocycles. The van der Waals surface area contributed by atoms with Crippen LogP contribution in [0.5, 0.6) is 5.75 Å². The molecule has 1 amide bonds.